The summed E-state index contributed by atoms with van der Waals surface area (Å²) >= 11 is 0. The lowest BCUT2D eigenvalue weighted by atomic mass is 10.2. The Labute approximate surface area is 128 Å². The number of piperazine rings is 1. The number of benzene rings is 1. The fourth-order valence-corrected chi connectivity index (χ4v) is 2.77. The van der Waals surface area contributed by atoms with Gasteiger partial charge in [-0.05, 0) is 25.0 Å². The second-order valence-corrected chi connectivity index (χ2v) is 6.34. The standard InChI is InChI=1S/C17H27N3O/c1-14(2)13-18-17(21)15(3)19-9-11-20(12-10-19)16-7-5-4-6-8-16/h4-8,14-15H,9-13H2,1-3H3,(H,18,21)/p+1/t15-/m0/s1. The first-order valence-electron chi connectivity index (χ1n) is 8.00. The number of para-hydroxylation sites is 1. The first-order valence-corrected chi connectivity index (χ1v) is 8.00. The smallest absolute Gasteiger partial charge is 0.278 e. The zero-order valence-corrected chi connectivity index (χ0v) is 13.4. The lowest BCUT2D eigenvalue weighted by Gasteiger charge is -2.36. The van der Waals surface area contributed by atoms with Crippen LogP contribution < -0.4 is 15.1 Å². The van der Waals surface area contributed by atoms with Gasteiger partial charge in [0, 0.05) is 12.2 Å². The summed E-state index contributed by atoms with van der Waals surface area (Å²) in [7, 11) is 0. The van der Waals surface area contributed by atoms with E-state index in [4.69, 9.17) is 0 Å². The largest absolute Gasteiger partial charge is 0.360 e. The Morgan fingerprint density at radius 1 is 1.19 bits per heavy atom. The first kappa shape index (κ1) is 15.8. The van der Waals surface area contributed by atoms with Crippen LogP contribution in [0.3, 0.4) is 0 Å². The van der Waals surface area contributed by atoms with Crippen molar-refractivity contribution in [3.05, 3.63) is 30.3 Å². The number of carbonyl (C=O) groups is 1. The normalized spacial score (nSPS) is 17.8. The zero-order chi connectivity index (χ0) is 15.2. The minimum atomic E-state index is 0.0432. The number of hydrogen-bond acceptors (Lipinski definition) is 2. The van der Waals surface area contributed by atoms with Crippen molar-refractivity contribution < 1.29 is 9.69 Å². The molecule has 0 spiro atoms. The molecule has 1 aliphatic rings. The molecule has 0 saturated carbocycles. The molecule has 1 amide bonds. The van der Waals surface area contributed by atoms with E-state index in [-0.39, 0.29) is 11.9 Å². The van der Waals surface area contributed by atoms with E-state index >= 15 is 0 Å². The molecule has 2 N–H and O–H groups in total. The van der Waals surface area contributed by atoms with Crippen LogP contribution in [-0.4, -0.2) is 44.7 Å². The minimum Gasteiger partial charge on any atom is -0.360 e. The van der Waals surface area contributed by atoms with Crippen LogP contribution in [0.5, 0.6) is 0 Å². The van der Waals surface area contributed by atoms with E-state index < -0.39 is 0 Å². The number of nitrogens with zero attached hydrogens (tertiary/aromatic N) is 1. The van der Waals surface area contributed by atoms with Crippen LogP contribution in [-0.2, 0) is 4.79 Å². The summed E-state index contributed by atoms with van der Waals surface area (Å²) in [5.41, 5.74) is 1.29. The Hall–Kier alpha value is -1.55. The quantitative estimate of drug-likeness (QED) is 0.831. The highest BCUT2D eigenvalue weighted by Crippen LogP contribution is 2.12. The lowest BCUT2D eigenvalue weighted by Crippen LogP contribution is -3.19. The van der Waals surface area contributed by atoms with Gasteiger partial charge in [0.25, 0.3) is 5.91 Å². The summed E-state index contributed by atoms with van der Waals surface area (Å²) in [5.74, 6) is 0.693. The van der Waals surface area contributed by atoms with Crippen molar-refractivity contribution in [3.8, 4) is 0 Å². The van der Waals surface area contributed by atoms with E-state index in [9.17, 15) is 4.79 Å². The van der Waals surface area contributed by atoms with Gasteiger partial charge in [0.1, 0.15) is 0 Å². The average Bonchev–Trinajstić information content (AvgIpc) is 2.53. The Balaban J connectivity index is 1.82. The highest BCUT2D eigenvalue weighted by Gasteiger charge is 2.28. The van der Waals surface area contributed by atoms with Crippen molar-refractivity contribution in [2.75, 3.05) is 37.6 Å². The summed E-state index contributed by atoms with van der Waals surface area (Å²) in [5, 5.41) is 3.05. The Morgan fingerprint density at radius 3 is 2.38 bits per heavy atom. The van der Waals surface area contributed by atoms with E-state index in [1.165, 1.54) is 10.6 Å². The van der Waals surface area contributed by atoms with Crippen LogP contribution >= 0.6 is 0 Å². The van der Waals surface area contributed by atoms with E-state index in [0.29, 0.717) is 5.92 Å². The summed E-state index contributed by atoms with van der Waals surface area (Å²) in [6.07, 6.45) is 0. The van der Waals surface area contributed by atoms with Crippen LogP contribution in [0.1, 0.15) is 20.8 Å². The van der Waals surface area contributed by atoms with Gasteiger partial charge in [-0.25, -0.2) is 0 Å². The van der Waals surface area contributed by atoms with Gasteiger partial charge >= 0.3 is 0 Å². The number of anilines is 1. The molecule has 1 aromatic rings. The van der Waals surface area contributed by atoms with Crippen molar-refractivity contribution in [1.29, 1.82) is 0 Å². The van der Waals surface area contributed by atoms with Gasteiger partial charge in [0.05, 0.1) is 26.2 Å². The molecule has 0 bridgehead atoms. The zero-order valence-electron chi connectivity index (χ0n) is 13.4. The molecule has 1 atom stereocenters. The van der Waals surface area contributed by atoms with Gasteiger partial charge in [0.2, 0.25) is 0 Å². The van der Waals surface area contributed by atoms with Crippen molar-refractivity contribution in [2.24, 2.45) is 5.92 Å². The second kappa shape index (κ2) is 7.46. The van der Waals surface area contributed by atoms with E-state index in [1.807, 2.05) is 13.0 Å². The molecular formula is C17H28N3O+. The number of amides is 1. The number of carbonyl (C=O) groups excluding carboxylic acids is 1. The summed E-state index contributed by atoms with van der Waals surface area (Å²) < 4.78 is 0. The predicted octanol–water partition coefficient (Wildman–Crippen LogP) is 0.552. The molecule has 0 unspecified atom stereocenters. The van der Waals surface area contributed by atoms with Crippen LogP contribution in [0.2, 0.25) is 0 Å². The fraction of sp³-hybridized carbons (Fsp3) is 0.588. The maximum absolute atomic E-state index is 12.2. The number of nitrogens with one attached hydrogen (secondary N) is 2. The van der Waals surface area contributed by atoms with E-state index in [0.717, 1.165) is 32.7 Å². The predicted molar refractivity (Wildman–Crippen MR) is 86.7 cm³/mol. The average molecular weight is 290 g/mol. The molecule has 1 heterocycles. The van der Waals surface area contributed by atoms with Crippen LogP contribution in [0.15, 0.2) is 30.3 Å². The molecule has 1 fully saturated rings. The van der Waals surface area contributed by atoms with Gasteiger partial charge in [-0.2, -0.15) is 0 Å². The molecule has 116 valence electrons. The number of rotatable bonds is 5. The monoisotopic (exact) mass is 290 g/mol. The molecule has 0 radical (unpaired) electrons. The summed E-state index contributed by atoms with van der Waals surface area (Å²) in [4.78, 5) is 15.9. The second-order valence-electron chi connectivity index (χ2n) is 6.34. The Bertz CT molecular complexity index is 439. The summed E-state index contributed by atoms with van der Waals surface area (Å²) in [6, 6.07) is 10.6. The molecule has 4 heteroatoms. The van der Waals surface area contributed by atoms with Crippen LogP contribution in [0.25, 0.3) is 0 Å². The molecular weight excluding hydrogens is 262 g/mol. The molecule has 2 rings (SSSR count). The van der Waals surface area contributed by atoms with Crippen molar-refractivity contribution in [2.45, 2.75) is 26.8 Å². The third-order valence-electron chi connectivity index (χ3n) is 4.22. The highest BCUT2D eigenvalue weighted by molar-refractivity contribution is 5.79. The third kappa shape index (κ3) is 4.46. The molecule has 4 nitrogen and oxygen atoms in total. The molecule has 21 heavy (non-hydrogen) atoms. The van der Waals surface area contributed by atoms with Gasteiger partial charge in [-0.3, -0.25) is 4.79 Å². The number of hydrogen-bond donors (Lipinski definition) is 2. The SMILES string of the molecule is CC(C)CNC(=O)[C@H](C)[NH+]1CCN(c2ccccc2)CC1. The van der Waals surface area contributed by atoms with Gasteiger partial charge in [-0.15, -0.1) is 0 Å². The minimum absolute atomic E-state index is 0.0432. The Kier molecular flexibility index (Phi) is 5.62. The van der Waals surface area contributed by atoms with Crippen molar-refractivity contribution >= 4 is 11.6 Å². The van der Waals surface area contributed by atoms with E-state index in [1.54, 1.807) is 0 Å². The number of quaternary nitrogens is 1. The molecule has 1 aliphatic heterocycles. The van der Waals surface area contributed by atoms with Gasteiger partial charge < -0.3 is 15.1 Å². The third-order valence-corrected chi connectivity index (χ3v) is 4.22. The summed E-state index contributed by atoms with van der Waals surface area (Å²) in [6.45, 7) is 11.1. The fourth-order valence-electron chi connectivity index (χ4n) is 2.77. The van der Waals surface area contributed by atoms with E-state index in [2.05, 4.69) is 48.3 Å². The van der Waals surface area contributed by atoms with Gasteiger partial charge in [0.15, 0.2) is 6.04 Å². The van der Waals surface area contributed by atoms with Crippen LogP contribution in [0, 0.1) is 5.92 Å². The van der Waals surface area contributed by atoms with Crippen molar-refractivity contribution in [1.82, 2.24) is 5.32 Å². The van der Waals surface area contributed by atoms with Crippen LogP contribution in [0.4, 0.5) is 5.69 Å². The first-order chi connectivity index (χ1) is 10.1. The lowest BCUT2D eigenvalue weighted by molar-refractivity contribution is -0.914. The van der Waals surface area contributed by atoms with Crippen molar-refractivity contribution in [3.63, 3.8) is 0 Å². The Morgan fingerprint density at radius 2 is 1.81 bits per heavy atom. The topological polar surface area (TPSA) is 36.8 Å². The molecule has 1 aromatic carbocycles. The molecule has 0 aliphatic carbocycles. The van der Waals surface area contributed by atoms with Gasteiger partial charge in [-0.1, -0.05) is 32.0 Å². The maximum Gasteiger partial charge on any atom is 0.278 e. The maximum atomic E-state index is 12.2. The molecule has 1 saturated heterocycles. The highest BCUT2D eigenvalue weighted by atomic mass is 16.2. The molecule has 0 aromatic heterocycles.